The lowest BCUT2D eigenvalue weighted by atomic mass is 9.64. The molecule has 9 rings (SSSR count). The van der Waals surface area contributed by atoms with Crippen LogP contribution in [0, 0.1) is 11.8 Å². The van der Waals surface area contributed by atoms with Crippen molar-refractivity contribution < 1.29 is 0 Å². The summed E-state index contributed by atoms with van der Waals surface area (Å²) in [5, 5.41) is 2.53. The molecule has 4 fully saturated rings. The van der Waals surface area contributed by atoms with E-state index in [1.165, 1.54) is 53.9 Å². The third kappa shape index (κ3) is 2.99. The average molecular weight is 457 g/mol. The number of nitrogens with zero attached hydrogens (tertiary/aromatic N) is 4. The standard InChI is InChI=1S/C31H28N4/c1-2-8-22(9-3-1)27-19-30(35-28-12-6-4-10-25(28)26-11-5-7-13-29(26)35)33-31(32-27)34-23-15-20-14-21(17-23)18-24(34)16-20/h1-13,19-21,23-24H,14-18H2. The summed E-state index contributed by atoms with van der Waals surface area (Å²) in [6.45, 7) is 0. The number of fused-ring (bicyclic) bond motifs is 3. The summed E-state index contributed by atoms with van der Waals surface area (Å²) in [7, 11) is 0. The van der Waals surface area contributed by atoms with Crippen LogP contribution in [0.15, 0.2) is 84.9 Å². The number of para-hydroxylation sites is 2. The van der Waals surface area contributed by atoms with Gasteiger partial charge in [0.15, 0.2) is 0 Å². The van der Waals surface area contributed by atoms with Gasteiger partial charge in [0.25, 0.3) is 0 Å². The molecule has 2 aliphatic heterocycles. The fraction of sp³-hybridized carbons (Fsp3) is 0.290. The van der Waals surface area contributed by atoms with E-state index in [-0.39, 0.29) is 0 Å². The molecular formula is C31H28N4. The maximum Gasteiger partial charge on any atom is 0.228 e. The number of rotatable bonds is 3. The summed E-state index contributed by atoms with van der Waals surface area (Å²) in [5.74, 6) is 3.68. The second-order valence-electron chi connectivity index (χ2n) is 10.8. The summed E-state index contributed by atoms with van der Waals surface area (Å²) in [6, 6.07) is 31.3. The average Bonchev–Trinajstić information content (AvgIpc) is 3.23. The van der Waals surface area contributed by atoms with Gasteiger partial charge in [-0.15, -0.1) is 0 Å². The van der Waals surface area contributed by atoms with E-state index in [2.05, 4.69) is 94.4 Å². The van der Waals surface area contributed by atoms with Gasteiger partial charge in [0.1, 0.15) is 5.82 Å². The molecule has 3 aromatic carbocycles. The minimum Gasteiger partial charge on any atom is -0.335 e. The summed E-state index contributed by atoms with van der Waals surface area (Å²) in [5.41, 5.74) is 4.53. The molecule has 2 aromatic heterocycles. The van der Waals surface area contributed by atoms with E-state index in [1.54, 1.807) is 0 Å². The van der Waals surface area contributed by atoms with Gasteiger partial charge < -0.3 is 4.90 Å². The van der Waals surface area contributed by atoms with Crippen LogP contribution in [0.25, 0.3) is 38.9 Å². The fourth-order valence-corrected chi connectivity index (χ4v) is 7.44. The van der Waals surface area contributed by atoms with Crippen molar-refractivity contribution in [1.29, 1.82) is 0 Å². The topological polar surface area (TPSA) is 34.0 Å². The first-order valence-electron chi connectivity index (χ1n) is 13.0. The van der Waals surface area contributed by atoms with Crippen molar-refractivity contribution in [2.45, 2.75) is 44.2 Å². The highest BCUT2D eigenvalue weighted by atomic mass is 15.3. The maximum atomic E-state index is 5.33. The first-order chi connectivity index (χ1) is 17.3. The Morgan fingerprint density at radius 1 is 0.600 bits per heavy atom. The summed E-state index contributed by atoms with van der Waals surface area (Å²) < 4.78 is 2.33. The Morgan fingerprint density at radius 3 is 1.80 bits per heavy atom. The molecule has 0 atom stereocenters. The van der Waals surface area contributed by atoms with E-state index in [1.807, 2.05) is 0 Å². The Bertz CT molecular complexity index is 1490. The number of piperidine rings is 2. The number of anilines is 1. The first-order valence-corrected chi connectivity index (χ1v) is 13.0. The van der Waals surface area contributed by atoms with E-state index in [0.29, 0.717) is 12.1 Å². The van der Waals surface area contributed by atoms with Gasteiger partial charge in [-0.3, -0.25) is 4.57 Å². The molecule has 5 aromatic rings. The number of aromatic nitrogens is 3. The van der Waals surface area contributed by atoms with Crippen LogP contribution >= 0.6 is 0 Å². The van der Waals surface area contributed by atoms with Gasteiger partial charge in [-0.2, -0.15) is 4.98 Å². The molecule has 2 saturated carbocycles. The normalized spacial score (nSPS) is 25.1. The van der Waals surface area contributed by atoms with Crippen molar-refractivity contribution in [2.75, 3.05) is 4.90 Å². The Kier molecular flexibility index (Phi) is 4.16. The number of hydrogen-bond acceptors (Lipinski definition) is 3. The third-order valence-corrected chi connectivity index (χ3v) is 8.69. The minimum atomic E-state index is 0.586. The molecule has 4 aliphatic rings. The van der Waals surface area contributed by atoms with Gasteiger partial charge in [0.05, 0.1) is 16.7 Å². The zero-order valence-corrected chi connectivity index (χ0v) is 19.7. The predicted molar refractivity (Wildman–Crippen MR) is 142 cm³/mol. The number of benzene rings is 3. The van der Waals surface area contributed by atoms with Gasteiger partial charge in [0.2, 0.25) is 5.95 Å². The van der Waals surface area contributed by atoms with E-state index >= 15 is 0 Å². The monoisotopic (exact) mass is 456 g/mol. The van der Waals surface area contributed by atoms with Gasteiger partial charge >= 0.3 is 0 Å². The Hall–Kier alpha value is -3.66. The maximum absolute atomic E-state index is 5.33. The second-order valence-corrected chi connectivity index (χ2v) is 10.8. The van der Waals surface area contributed by atoms with E-state index in [4.69, 9.17) is 9.97 Å². The molecule has 35 heavy (non-hydrogen) atoms. The third-order valence-electron chi connectivity index (χ3n) is 8.69. The summed E-state index contributed by atoms with van der Waals surface area (Å²) in [4.78, 5) is 13.2. The largest absolute Gasteiger partial charge is 0.335 e. The van der Waals surface area contributed by atoms with Crippen molar-refractivity contribution in [2.24, 2.45) is 11.8 Å². The lowest BCUT2D eigenvalue weighted by molar-refractivity contribution is 0.0884. The summed E-state index contributed by atoms with van der Waals surface area (Å²) in [6.07, 6.45) is 6.65. The van der Waals surface area contributed by atoms with Crippen LogP contribution in [-0.4, -0.2) is 26.6 Å². The van der Waals surface area contributed by atoms with E-state index in [0.717, 1.165) is 34.9 Å². The van der Waals surface area contributed by atoms with Crippen molar-refractivity contribution >= 4 is 27.8 Å². The molecule has 4 heterocycles. The summed E-state index contributed by atoms with van der Waals surface area (Å²) >= 11 is 0. The van der Waals surface area contributed by atoms with Crippen LogP contribution in [0.5, 0.6) is 0 Å². The Balaban J connectivity index is 1.38. The van der Waals surface area contributed by atoms with E-state index < -0.39 is 0 Å². The number of hydrogen-bond donors (Lipinski definition) is 0. The van der Waals surface area contributed by atoms with Gasteiger partial charge in [0, 0.05) is 34.5 Å². The first kappa shape index (κ1) is 19.6. The van der Waals surface area contributed by atoms with Crippen molar-refractivity contribution in [1.82, 2.24) is 14.5 Å². The molecule has 0 N–H and O–H groups in total. The van der Waals surface area contributed by atoms with Crippen molar-refractivity contribution in [3.05, 3.63) is 84.9 Å². The smallest absolute Gasteiger partial charge is 0.228 e. The molecule has 2 aliphatic carbocycles. The van der Waals surface area contributed by atoms with Gasteiger partial charge in [-0.1, -0.05) is 66.7 Å². The minimum absolute atomic E-state index is 0.586. The van der Waals surface area contributed by atoms with E-state index in [9.17, 15) is 0 Å². The molecule has 172 valence electrons. The molecule has 2 saturated heterocycles. The van der Waals surface area contributed by atoms with Crippen molar-refractivity contribution in [3.63, 3.8) is 0 Å². The lowest BCUT2D eigenvalue weighted by Crippen LogP contribution is -2.58. The fourth-order valence-electron chi connectivity index (χ4n) is 7.44. The quantitative estimate of drug-likeness (QED) is 0.293. The molecule has 0 amide bonds. The Labute approximate surface area is 205 Å². The highest BCUT2D eigenvalue weighted by Gasteiger charge is 2.47. The molecular weight excluding hydrogens is 428 g/mol. The van der Waals surface area contributed by atoms with Crippen LogP contribution in [0.3, 0.4) is 0 Å². The highest BCUT2D eigenvalue weighted by molar-refractivity contribution is 6.09. The molecule has 0 spiro atoms. The Morgan fingerprint density at radius 2 is 1.17 bits per heavy atom. The predicted octanol–water partition coefficient (Wildman–Crippen LogP) is 7.01. The zero-order chi connectivity index (χ0) is 22.9. The van der Waals surface area contributed by atoms with Crippen molar-refractivity contribution in [3.8, 4) is 17.1 Å². The van der Waals surface area contributed by atoms with Crippen LogP contribution in [-0.2, 0) is 0 Å². The molecule has 0 unspecified atom stereocenters. The van der Waals surface area contributed by atoms with Crippen LogP contribution in [0.2, 0.25) is 0 Å². The van der Waals surface area contributed by atoms with Crippen LogP contribution < -0.4 is 4.90 Å². The molecule has 4 nitrogen and oxygen atoms in total. The SMILES string of the molecule is c1ccc(-c2cc(-n3c4ccccc4c4ccccc43)nc(N3C4CC5CC(C4)CC3C5)n2)cc1. The molecule has 0 radical (unpaired) electrons. The van der Waals surface area contributed by atoms with Gasteiger partial charge in [-0.05, 0) is 56.1 Å². The molecule has 4 heteroatoms. The second kappa shape index (κ2) is 7.42. The van der Waals surface area contributed by atoms with Crippen LogP contribution in [0.1, 0.15) is 32.1 Å². The van der Waals surface area contributed by atoms with Gasteiger partial charge in [-0.25, -0.2) is 4.98 Å². The zero-order valence-electron chi connectivity index (χ0n) is 19.7. The molecule has 4 bridgehead atoms. The lowest BCUT2D eigenvalue weighted by Gasteiger charge is -2.56. The van der Waals surface area contributed by atoms with Crippen LogP contribution in [0.4, 0.5) is 5.95 Å². The highest BCUT2D eigenvalue weighted by Crippen LogP contribution is 2.50.